The summed E-state index contributed by atoms with van der Waals surface area (Å²) in [6, 6.07) is 0. The van der Waals surface area contributed by atoms with Crippen molar-refractivity contribution in [3.8, 4) is 0 Å². The zero-order valence-corrected chi connectivity index (χ0v) is 21.6. The molecule has 186 valence electrons. The van der Waals surface area contributed by atoms with Gasteiger partial charge in [0.05, 0.1) is 29.7 Å². The molecule has 0 aliphatic carbocycles. The number of aromatic nitrogens is 4. The van der Waals surface area contributed by atoms with Crippen LogP contribution in [-0.4, -0.2) is 54.8 Å². The van der Waals surface area contributed by atoms with Gasteiger partial charge in [0, 0.05) is 6.20 Å². The van der Waals surface area contributed by atoms with Crippen LogP contribution in [0, 0.1) is 0 Å². The van der Waals surface area contributed by atoms with Gasteiger partial charge in [-0.05, 0) is 62.3 Å². The van der Waals surface area contributed by atoms with E-state index >= 15 is 0 Å². The highest BCUT2D eigenvalue weighted by atomic mass is 16.6. The molecule has 0 saturated heterocycles. The number of carbonyl (C=O) groups excluding carboxylic acids is 3. The first-order valence-electron chi connectivity index (χ1n) is 10.7. The van der Waals surface area contributed by atoms with Gasteiger partial charge in [-0.2, -0.15) is 14.9 Å². The predicted octanol–water partition coefficient (Wildman–Crippen LogP) is 5.01. The largest absolute Gasteiger partial charge is 0.456 e. The Bertz CT molecular complexity index is 839. The van der Waals surface area contributed by atoms with Gasteiger partial charge in [0.2, 0.25) is 0 Å². The Balaban J connectivity index is 0.000000627. The minimum Gasteiger partial charge on any atom is -0.456 e. The van der Waals surface area contributed by atoms with Crippen LogP contribution >= 0.6 is 0 Å². The summed E-state index contributed by atoms with van der Waals surface area (Å²) in [6.45, 7) is 20.0. The van der Waals surface area contributed by atoms with Gasteiger partial charge in [-0.15, -0.1) is 0 Å². The molecule has 1 N–H and O–H groups in total. The van der Waals surface area contributed by atoms with E-state index in [2.05, 4.69) is 15.3 Å². The van der Waals surface area contributed by atoms with Crippen LogP contribution in [0.4, 0.5) is 4.79 Å². The van der Waals surface area contributed by atoms with E-state index < -0.39 is 28.9 Å². The van der Waals surface area contributed by atoms with Gasteiger partial charge in [-0.1, -0.05) is 13.8 Å². The van der Waals surface area contributed by atoms with E-state index in [4.69, 9.17) is 14.2 Å². The van der Waals surface area contributed by atoms with E-state index in [1.807, 2.05) is 34.6 Å². The number of nitrogens with one attached hydrogen (secondary N) is 1. The second kappa shape index (κ2) is 12.2. The van der Waals surface area contributed by atoms with E-state index in [-0.39, 0.29) is 11.5 Å². The molecule has 10 nitrogen and oxygen atoms in total. The normalized spacial score (nSPS) is 11.2. The lowest BCUT2D eigenvalue weighted by molar-refractivity contribution is 0.00569. The molecule has 0 aliphatic rings. The Labute approximate surface area is 196 Å². The van der Waals surface area contributed by atoms with Crippen molar-refractivity contribution in [2.75, 3.05) is 0 Å². The topological polar surface area (TPSA) is 125 Å². The van der Waals surface area contributed by atoms with Crippen molar-refractivity contribution in [2.45, 2.75) is 93.0 Å². The molecule has 0 unspecified atom stereocenters. The fourth-order valence-corrected chi connectivity index (χ4v) is 1.87. The molecule has 10 heteroatoms. The zero-order valence-electron chi connectivity index (χ0n) is 21.6. The lowest BCUT2D eigenvalue weighted by atomic mass is 10.2. The number of ether oxygens (including phenoxy) is 3. The molecule has 2 rings (SSSR count). The Kier molecular flexibility index (Phi) is 11.0. The molecule has 0 aliphatic heterocycles. The van der Waals surface area contributed by atoms with Gasteiger partial charge >= 0.3 is 18.0 Å². The summed E-state index contributed by atoms with van der Waals surface area (Å²) in [7, 11) is 0. The number of nitrogens with zero attached hydrogens (tertiary/aromatic N) is 3. The maximum absolute atomic E-state index is 11.8. The molecular formula is C23H38N4O6. The predicted molar refractivity (Wildman–Crippen MR) is 124 cm³/mol. The molecule has 0 bridgehead atoms. The molecule has 0 amide bonds. The number of carbonyl (C=O) groups is 3. The Morgan fingerprint density at radius 2 is 1.21 bits per heavy atom. The Morgan fingerprint density at radius 3 is 1.61 bits per heavy atom. The summed E-state index contributed by atoms with van der Waals surface area (Å²) in [6.07, 6.45) is 4.88. The number of esters is 2. The van der Waals surface area contributed by atoms with Gasteiger partial charge in [0.1, 0.15) is 16.8 Å². The van der Waals surface area contributed by atoms with Crippen LogP contribution in [0.2, 0.25) is 0 Å². The summed E-state index contributed by atoms with van der Waals surface area (Å²) >= 11 is 0. The molecule has 0 saturated carbocycles. The van der Waals surface area contributed by atoms with E-state index in [1.165, 1.54) is 24.8 Å². The fourth-order valence-electron chi connectivity index (χ4n) is 1.87. The van der Waals surface area contributed by atoms with Crippen molar-refractivity contribution < 1.29 is 28.6 Å². The molecule has 2 heterocycles. The summed E-state index contributed by atoms with van der Waals surface area (Å²) in [5.74, 6) is -0.876. The molecule has 0 radical (unpaired) electrons. The number of aromatic amines is 1. The minimum atomic E-state index is -0.637. The summed E-state index contributed by atoms with van der Waals surface area (Å²) in [5, 5.41) is 9.99. The average molecular weight is 467 g/mol. The van der Waals surface area contributed by atoms with Gasteiger partial charge < -0.3 is 14.2 Å². The highest BCUT2D eigenvalue weighted by Crippen LogP contribution is 2.13. The van der Waals surface area contributed by atoms with Crippen LogP contribution < -0.4 is 0 Å². The molecule has 33 heavy (non-hydrogen) atoms. The quantitative estimate of drug-likeness (QED) is 0.483. The first kappa shape index (κ1) is 29.8. The van der Waals surface area contributed by atoms with E-state index in [9.17, 15) is 14.4 Å². The number of rotatable bonds is 2. The number of hydrogen-bond donors (Lipinski definition) is 1. The van der Waals surface area contributed by atoms with Crippen LogP contribution in [0.5, 0.6) is 0 Å². The lowest BCUT2D eigenvalue weighted by Gasteiger charge is -2.19. The first-order valence-corrected chi connectivity index (χ1v) is 10.7. The van der Waals surface area contributed by atoms with Gasteiger partial charge in [-0.3, -0.25) is 5.10 Å². The molecule has 0 fully saturated rings. The van der Waals surface area contributed by atoms with Crippen molar-refractivity contribution in [1.29, 1.82) is 0 Å². The van der Waals surface area contributed by atoms with Crippen LogP contribution in [0.3, 0.4) is 0 Å². The minimum absolute atomic E-state index is 0.209. The molecule has 2 aromatic rings. The maximum Gasteiger partial charge on any atom is 0.435 e. The standard InChI is InChI=1S/C13H20N2O4.C8H12N2O2.C2H6/c1-12(2,3)18-10(16)9-7-14-15(8-9)11(17)19-13(4,5)6;1-8(2,3)12-7(11)6-4-9-10-5-6;1-2/h7-8H,1-6H3;4-5H,1-3H3,(H,9,10);1-2H3. The van der Waals surface area contributed by atoms with Crippen LogP contribution in [0.1, 0.15) is 96.9 Å². The summed E-state index contributed by atoms with van der Waals surface area (Å²) in [5.41, 5.74) is -1.00. The number of H-pyrrole nitrogens is 1. The average Bonchev–Trinajstić information content (AvgIpc) is 3.32. The molecule has 0 spiro atoms. The van der Waals surface area contributed by atoms with Crippen molar-refractivity contribution in [3.05, 3.63) is 35.9 Å². The highest BCUT2D eigenvalue weighted by molar-refractivity contribution is 5.90. The van der Waals surface area contributed by atoms with Crippen molar-refractivity contribution in [3.63, 3.8) is 0 Å². The van der Waals surface area contributed by atoms with E-state index in [0.717, 1.165) is 4.68 Å². The molecular weight excluding hydrogens is 428 g/mol. The molecule has 0 atom stereocenters. The zero-order chi connectivity index (χ0) is 26.0. The molecule has 0 aromatic carbocycles. The van der Waals surface area contributed by atoms with Crippen molar-refractivity contribution in [2.24, 2.45) is 0 Å². The monoisotopic (exact) mass is 466 g/mol. The van der Waals surface area contributed by atoms with Gasteiger partial charge in [0.25, 0.3) is 0 Å². The number of hydrogen-bond acceptors (Lipinski definition) is 8. The summed E-state index contributed by atoms with van der Waals surface area (Å²) < 4.78 is 16.4. The summed E-state index contributed by atoms with van der Waals surface area (Å²) in [4.78, 5) is 34.7. The van der Waals surface area contributed by atoms with Crippen molar-refractivity contribution in [1.82, 2.24) is 20.0 Å². The van der Waals surface area contributed by atoms with Gasteiger partial charge in [0.15, 0.2) is 0 Å². The Morgan fingerprint density at radius 1 is 0.758 bits per heavy atom. The highest BCUT2D eigenvalue weighted by Gasteiger charge is 2.22. The second-order valence-electron chi connectivity index (χ2n) is 9.64. The maximum atomic E-state index is 11.8. The molecule has 2 aromatic heterocycles. The third-order valence-electron chi connectivity index (χ3n) is 2.93. The second-order valence-corrected chi connectivity index (χ2v) is 9.64. The smallest absolute Gasteiger partial charge is 0.435 e. The van der Waals surface area contributed by atoms with Crippen molar-refractivity contribution >= 4 is 18.0 Å². The van der Waals surface area contributed by atoms with E-state index in [0.29, 0.717) is 5.56 Å². The third-order valence-corrected chi connectivity index (χ3v) is 2.93. The van der Waals surface area contributed by atoms with Crippen LogP contribution in [0.25, 0.3) is 0 Å². The van der Waals surface area contributed by atoms with Crippen LogP contribution in [0.15, 0.2) is 24.8 Å². The lowest BCUT2D eigenvalue weighted by Crippen LogP contribution is -2.27. The third kappa shape index (κ3) is 13.1. The van der Waals surface area contributed by atoms with E-state index in [1.54, 1.807) is 41.5 Å². The van der Waals surface area contributed by atoms with Gasteiger partial charge in [-0.25, -0.2) is 14.4 Å². The SMILES string of the molecule is CC.CC(C)(C)OC(=O)c1cn[nH]c1.CC(C)(C)OC(=O)c1cnn(C(=O)OC(C)(C)C)c1. The Hall–Kier alpha value is -3.17. The van der Waals surface area contributed by atoms with Crippen LogP contribution in [-0.2, 0) is 14.2 Å². The first-order chi connectivity index (χ1) is 15.0. The fraction of sp³-hybridized carbons (Fsp3) is 0.609.